The number of nitrogens with two attached hydrogens (primary N) is 1. The van der Waals surface area contributed by atoms with E-state index in [0.717, 1.165) is 10.0 Å². The Morgan fingerprint density at radius 1 is 1.29 bits per heavy atom. The van der Waals surface area contributed by atoms with Crippen molar-refractivity contribution in [2.45, 2.75) is 25.7 Å². The molecule has 0 fully saturated rings. The van der Waals surface area contributed by atoms with E-state index in [0.29, 0.717) is 22.8 Å². The van der Waals surface area contributed by atoms with Crippen molar-refractivity contribution in [3.8, 4) is 0 Å². The standard InChI is InChI=1S/C13H17BrN4O2S/c1-7-5-10(14)6-11(15)12(7)17-21(19,20)13-8(2)16-18(4)9(13)3/h5-6,17H,15H2,1-4H3. The van der Waals surface area contributed by atoms with Gasteiger partial charge in [0, 0.05) is 11.5 Å². The topological polar surface area (TPSA) is 90.0 Å². The monoisotopic (exact) mass is 372 g/mol. The number of sulfonamides is 1. The Hall–Kier alpha value is -1.54. The first-order valence-corrected chi connectivity index (χ1v) is 8.49. The molecule has 21 heavy (non-hydrogen) atoms. The van der Waals surface area contributed by atoms with Gasteiger partial charge < -0.3 is 5.73 Å². The van der Waals surface area contributed by atoms with E-state index in [9.17, 15) is 8.42 Å². The molecule has 0 atom stereocenters. The second-order valence-corrected chi connectivity index (χ2v) is 7.45. The zero-order valence-electron chi connectivity index (χ0n) is 12.2. The van der Waals surface area contributed by atoms with Crippen LogP contribution >= 0.6 is 15.9 Å². The molecule has 0 saturated carbocycles. The van der Waals surface area contributed by atoms with Crippen LogP contribution < -0.4 is 10.5 Å². The van der Waals surface area contributed by atoms with Crippen LogP contribution in [0, 0.1) is 20.8 Å². The van der Waals surface area contributed by atoms with Crippen molar-refractivity contribution < 1.29 is 8.42 Å². The van der Waals surface area contributed by atoms with Gasteiger partial charge >= 0.3 is 0 Å². The molecule has 0 aliphatic carbocycles. The summed E-state index contributed by atoms with van der Waals surface area (Å²) >= 11 is 3.33. The maximum atomic E-state index is 12.6. The van der Waals surface area contributed by atoms with Gasteiger partial charge in [0.2, 0.25) is 0 Å². The summed E-state index contributed by atoms with van der Waals surface area (Å²) in [5.41, 5.74) is 8.44. The molecule has 114 valence electrons. The van der Waals surface area contributed by atoms with Crippen molar-refractivity contribution in [2.75, 3.05) is 10.5 Å². The molecule has 6 nitrogen and oxygen atoms in total. The van der Waals surface area contributed by atoms with Gasteiger partial charge in [-0.1, -0.05) is 15.9 Å². The lowest BCUT2D eigenvalue weighted by atomic mass is 10.2. The molecule has 2 aromatic rings. The summed E-state index contributed by atoms with van der Waals surface area (Å²) < 4.78 is 30.1. The van der Waals surface area contributed by atoms with Crippen LogP contribution in [0.5, 0.6) is 0 Å². The highest BCUT2D eigenvalue weighted by Gasteiger charge is 2.25. The van der Waals surface area contributed by atoms with E-state index >= 15 is 0 Å². The Labute approximate surface area is 132 Å². The molecule has 1 heterocycles. The van der Waals surface area contributed by atoms with Gasteiger partial charge in [0.25, 0.3) is 10.0 Å². The van der Waals surface area contributed by atoms with E-state index < -0.39 is 10.0 Å². The van der Waals surface area contributed by atoms with Crippen LogP contribution in [0.3, 0.4) is 0 Å². The first-order chi connectivity index (χ1) is 9.63. The van der Waals surface area contributed by atoms with Crippen molar-refractivity contribution in [3.05, 3.63) is 33.6 Å². The van der Waals surface area contributed by atoms with E-state index in [4.69, 9.17) is 5.73 Å². The molecule has 2 rings (SSSR count). The molecule has 0 saturated heterocycles. The Balaban J connectivity index is 2.53. The van der Waals surface area contributed by atoms with E-state index in [2.05, 4.69) is 25.8 Å². The summed E-state index contributed by atoms with van der Waals surface area (Å²) in [6, 6.07) is 3.46. The summed E-state index contributed by atoms with van der Waals surface area (Å²) in [5.74, 6) is 0. The highest BCUT2D eigenvalue weighted by Crippen LogP contribution is 2.31. The fourth-order valence-electron chi connectivity index (χ4n) is 2.24. The normalized spacial score (nSPS) is 11.7. The third-order valence-electron chi connectivity index (χ3n) is 3.28. The van der Waals surface area contributed by atoms with Crippen molar-refractivity contribution >= 4 is 37.3 Å². The molecule has 1 aromatic carbocycles. The summed E-state index contributed by atoms with van der Waals surface area (Å²) in [7, 11) is -2.03. The average Bonchev–Trinajstić information content (AvgIpc) is 2.58. The maximum absolute atomic E-state index is 12.6. The zero-order valence-corrected chi connectivity index (χ0v) is 14.6. The number of rotatable bonds is 3. The van der Waals surface area contributed by atoms with Crippen LogP contribution in [0.2, 0.25) is 0 Å². The van der Waals surface area contributed by atoms with Gasteiger partial charge in [-0.05, 0) is 38.5 Å². The number of halogens is 1. The number of hydrogen-bond donors (Lipinski definition) is 2. The number of hydrogen-bond acceptors (Lipinski definition) is 4. The molecule has 0 amide bonds. The predicted molar refractivity (Wildman–Crippen MR) is 86.8 cm³/mol. The Bertz CT molecular complexity index is 789. The number of nitrogen functional groups attached to an aromatic ring is 1. The molecule has 1 aromatic heterocycles. The van der Waals surface area contributed by atoms with Gasteiger partial charge in [0.05, 0.1) is 22.8 Å². The molecule has 3 N–H and O–H groups in total. The van der Waals surface area contributed by atoms with Crippen molar-refractivity contribution in [1.82, 2.24) is 9.78 Å². The lowest BCUT2D eigenvalue weighted by molar-refractivity contribution is 0.599. The first kappa shape index (κ1) is 15.8. The van der Waals surface area contributed by atoms with Crippen LogP contribution in [0.1, 0.15) is 17.0 Å². The number of aromatic nitrogens is 2. The molecule has 0 aliphatic heterocycles. The van der Waals surface area contributed by atoms with Gasteiger partial charge in [-0.25, -0.2) is 8.42 Å². The summed E-state index contributed by atoms with van der Waals surface area (Å²) in [5, 5.41) is 4.14. The second-order valence-electron chi connectivity index (χ2n) is 4.92. The fraction of sp³-hybridized carbons (Fsp3) is 0.308. The fourth-order valence-corrected chi connectivity index (χ4v) is 4.43. The molecule has 0 bridgehead atoms. The first-order valence-electron chi connectivity index (χ1n) is 6.22. The highest BCUT2D eigenvalue weighted by molar-refractivity contribution is 9.10. The van der Waals surface area contributed by atoms with Crippen molar-refractivity contribution in [3.63, 3.8) is 0 Å². The second kappa shape index (κ2) is 5.34. The highest BCUT2D eigenvalue weighted by atomic mass is 79.9. The number of anilines is 2. The lowest BCUT2D eigenvalue weighted by Crippen LogP contribution is -2.16. The lowest BCUT2D eigenvalue weighted by Gasteiger charge is -2.13. The smallest absolute Gasteiger partial charge is 0.265 e. The van der Waals surface area contributed by atoms with Crippen LogP contribution in [-0.2, 0) is 17.1 Å². The minimum atomic E-state index is -3.74. The average molecular weight is 373 g/mol. The van der Waals surface area contributed by atoms with Crippen molar-refractivity contribution in [2.24, 2.45) is 7.05 Å². The molecule has 8 heteroatoms. The maximum Gasteiger partial charge on any atom is 0.265 e. The molecule has 0 unspecified atom stereocenters. The van der Waals surface area contributed by atoms with E-state index in [-0.39, 0.29) is 4.90 Å². The van der Waals surface area contributed by atoms with Crippen LogP contribution in [-0.4, -0.2) is 18.2 Å². The summed E-state index contributed by atoms with van der Waals surface area (Å²) in [6.07, 6.45) is 0. The number of nitrogens with zero attached hydrogens (tertiary/aromatic N) is 2. The number of benzene rings is 1. The largest absolute Gasteiger partial charge is 0.397 e. The quantitative estimate of drug-likeness (QED) is 0.809. The van der Waals surface area contributed by atoms with Gasteiger partial charge in [-0.3, -0.25) is 9.40 Å². The van der Waals surface area contributed by atoms with E-state index in [1.165, 1.54) is 0 Å². The van der Waals surface area contributed by atoms with E-state index in [1.54, 1.807) is 44.6 Å². The Morgan fingerprint density at radius 3 is 2.38 bits per heavy atom. The Kier molecular flexibility index (Phi) is 4.03. The summed E-state index contributed by atoms with van der Waals surface area (Å²) in [4.78, 5) is 0.187. The molecular formula is C13H17BrN4O2S. The van der Waals surface area contributed by atoms with Crippen LogP contribution in [0.25, 0.3) is 0 Å². The molecule has 0 aliphatic rings. The Morgan fingerprint density at radius 2 is 1.90 bits per heavy atom. The number of nitrogens with one attached hydrogen (secondary N) is 1. The van der Waals surface area contributed by atoms with Gasteiger partial charge in [-0.15, -0.1) is 0 Å². The minimum absolute atomic E-state index is 0.187. The van der Waals surface area contributed by atoms with Crippen LogP contribution in [0.15, 0.2) is 21.5 Å². The van der Waals surface area contributed by atoms with Gasteiger partial charge in [0.15, 0.2) is 0 Å². The molecule has 0 radical (unpaired) electrons. The molecular weight excluding hydrogens is 356 g/mol. The predicted octanol–water partition coefficient (Wildman–Crippen LogP) is 2.49. The van der Waals surface area contributed by atoms with E-state index in [1.807, 2.05) is 0 Å². The van der Waals surface area contributed by atoms with Gasteiger partial charge in [0.1, 0.15) is 4.90 Å². The van der Waals surface area contributed by atoms with Crippen LogP contribution in [0.4, 0.5) is 11.4 Å². The minimum Gasteiger partial charge on any atom is -0.397 e. The third kappa shape index (κ3) is 2.91. The summed E-state index contributed by atoms with van der Waals surface area (Å²) in [6.45, 7) is 5.17. The SMILES string of the molecule is Cc1cc(Br)cc(N)c1NS(=O)(=O)c1c(C)nn(C)c1C. The molecule has 0 spiro atoms. The zero-order chi connectivity index (χ0) is 15.9. The number of aryl methyl sites for hydroxylation is 3. The van der Waals surface area contributed by atoms with Gasteiger partial charge in [-0.2, -0.15) is 5.10 Å². The third-order valence-corrected chi connectivity index (χ3v) is 5.34. The van der Waals surface area contributed by atoms with Crippen molar-refractivity contribution in [1.29, 1.82) is 0 Å².